The summed E-state index contributed by atoms with van der Waals surface area (Å²) in [4.78, 5) is 25.3. The smallest absolute Gasteiger partial charge is 0.442 e. The molecule has 0 saturated carbocycles. The number of amides is 1. The van der Waals surface area contributed by atoms with Crippen LogP contribution in [0.1, 0.15) is 18.9 Å². The molecule has 1 aromatic heterocycles. The number of nitrogens with one attached hydrogen (secondary N) is 2. The van der Waals surface area contributed by atoms with Gasteiger partial charge in [-0.15, -0.1) is 0 Å². The van der Waals surface area contributed by atoms with Crippen molar-refractivity contribution in [1.29, 1.82) is 0 Å². The van der Waals surface area contributed by atoms with Gasteiger partial charge in [0.25, 0.3) is 0 Å². The maximum Gasteiger partial charge on any atom is 0.442 e. The Morgan fingerprint density at radius 3 is 2.58 bits per heavy atom. The van der Waals surface area contributed by atoms with E-state index in [0.717, 1.165) is 17.3 Å². The van der Waals surface area contributed by atoms with Gasteiger partial charge in [0.15, 0.2) is 0 Å². The number of anilines is 1. The number of hydrogen-bond donors (Lipinski definition) is 2. The van der Waals surface area contributed by atoms with Crippen molar-refractivity contribution in [3.05, 3.63) is 57.4 Å². The number of carbonyl (C=O) groups is 1. The Balaban J connectivity index is 1.85. The summed E-state index contributed by atoms with van der Waals surface area (Å²) < 4.78 is 17.0. The first-order chi connectivity index (χ1) is 14.9. The van der Waals surface area contributed by atoms with Crippen molar-refractivity contribution in [3.8, 4) is 17.2 Å². The predicted octanol–water partition coefficient (Wildman–Crippen LogP) is 3.73. The van der Waals surface area contributed by atoms with Crippen molar-refractivity contribution in [2.75, 3.05) is 19.5 Å². The fraction of sp³-hybridized carbons (Fsp3) is 0.286. The molecule has 0 saturated heterocycles. The summed E-state index contributed by atoms with van der Waals surface area (Å²) in [7, 11) is 3.08. The first-order valence-electron chi connectivity index (χ1n) is 9.47. The lowest BCUT2D eigenvalue weighted by Gasteiger charge is -2.15. The molecule has 1 heterocycles. The molecule has 0 aliphatic rings. The molecule has 3 rings (SSSR count). The molecule has 2 N–H and O–H groups in total. The number of aromatic nitrogens is 2. The molecular formula is C21H23ClN3O5S+. The summed E-state index contributed by atoms with van der Waals surface area (Å²) in [6, 6.07) is 10.5. The van der Waals surface area contributed by atoms with Gasteiger partial charge in [-0.2, -0.15) is 0 Å². The lowest BCUT2D eigenvalue weighted by molar-refractivity contribution is -0.704. The number of aryl methyl sites for hydroxylation is 1. The van der Waals surface area contributed by atoms with Crippen molar-refractivity contribution >= 4 is 35.0 Å². The lowest BCUT2D eigenvalue weighted by Crippen LogP contribution is -2.37. The topological polar surface area (TPSA) is 97.4 Å². The van der Waals surface area contributed by atoms with Crippen LogP contribution in [0.25, 0.3) is 5.69 Å². The summed E-state index contributed by atoms with van der Waals surface area (Å²) >= 11 is 7.26. The zero-order valence-electron chi connectivity index (χ0n) is 17.5. The number of benzene rings is 2. The first-order valence-corrected chi connectivity index (χ1v) is 10.7. The molecule has 0 spiro atoms. The minimum absolute atomic E-state index is 0.256. The van der Waals surface area contributed by atoms with Gasteiger partial charge < -0.3 is 14.8 Å². The van der Waals surface area contributed by atoms with E-state index < -0.39 is 10.9 Å². The minimum Gasteiger partial charge on any atom is -0.497 e. The lowest BCUT2D eigenvalue weighted by atomic mass is 10.2. The molecule has 2 aromatic carbocycles. The number of methoxy groups -OCH3 is 2. The molecule has 0 aliphatic heterocycles. The van der Waals surface area contributed by atoms with E-state index in [1.165, 1.54) is 11.8 Å². The second-order valence-corrected chi connectivity index (χ2v) is 8.22. The third kappa shape index (κ3) is 5.05. The van der Waals surface area contributed by atoms with Crippen LogP contribution < -0.4 is 25.1 Å². The maximum atomic E-state index is 13.0. The molecule has 0 aliphatic carbocycles. The fourth-order valence-corrected chi connectivity index (χ4v) is 4.01. The van der Waals surface area contributed by atoms with Crippen LogP contribution in [0, 0.1) is 6.92 Å². The average molecular weight is 465 g/mol. The van der Waals surface area contributed by atoms with E-state index in [0.29, 0.717) is 34.3 Å². The van der Waals surface area contributed by atoms with Gasteiger partial charge in [0, 0.05) is 23.2 Å². The molecule has 3 aromatic rings. The van der Waals surface area contributed by atoms with Crippen LogP contribution >= 0.6 is 23.4 Å². The van der Waals surface area contributed by atoms with Gasteiger partial charge in [-0.3, -0.25) is 9.32 Å². The molecule has 1 unspecified atom stereocenters. The van der Waals surface area contributed by atoms with E-state index in [9.17, 15) is 9.59 Å². The Kier molecular flexibility index (Phi) is 7.29. The summed E-state index contributed by atoms with van der Waals surface area (Å²) in [6.45, 7) is 3.71. The highest BCUT2D eigenvalue weighted by atomic mass is 35.5. The van der Waals surface area contributed by atoms with Gasteiger partial charge >= 0.3 is 10.7 Å². The molecular weight excluding hydrogens is 442 g/mol. The molecule has 1 atom stereocenters. The number of rotatable bonds is 8. The standard InChI is InChI=1S/C21H22ClN3O5S/c1-5-18(19(26)23-16-10-12(2)15(22)11-17(16)29-4)31-20-21(27)30-24-25(20)13-6-8-14(28-3)9-7-13/h6-11,18H,5H2,1-4H3,(H-,23,24,26,27)/p+1. The predicted molar refractivity (Wildman–Crippen MR) is 119 cm³/mol. The van der Waals surface area contributed by atoms with E-state index in [2.05, 4.69) is 10.6 Å². The van der Waals surface area contributed by atoms with Crippen molar-refractivity contribution in [3.63, 3.8) is 0 Å². The van der Waals surface area contributed by atoms with Gasteiger partial charge in [-0.1, -0.05) is 18.5 Å². The second-order valence-electron chi connectivity index (χ2n) is 6.63. The van der Waals surface area contributed by atoms with Gasteiger partial charge in [0.2, 0.25) is 11.6 Å². The maximum absolute atomic E-state index is 13.0. The van der Waals surface area contributed by atoms with Crippen LogP contribution in [0.2, 0.25) is 5.02 Å². The van der Waals surface area contributed by atoms with Crippen molar-refractivity contribution in [1.82, 2.24) is 5.27 Å². The largest absolute Gasteiger partial charge is 0.497 e. The number of carbonyl (C=O) groups excluding carboxylic acids is 1. The number of ether oxygens (including phenoxy) is 2. The zero-order chi connectivity index (χ0) is 22.5. The number of H-pyrrole nitrogens is 1. The van der Waals surface area contributed by atoms with Gasteiger partial charge in [-0.25, -0.2) is 4.79 Å². The van der Waals surface area contributed by atoms with Crippen LogP contribution in [-0.2, 0) is 4.79 Å². The van der Waals surface area contributed by atoms with Crippen LogP contribution in [0.15, 0.2) is 50.7 Å². The summed E-state index contributed by atoms with van der Waals surface area (Å²) in [5.74, 6) is 0.870. The Hall–Kier alpha value is -2.91. The molecule has 1 amide bonds. The SMILES string of the molecule is CCC(Sc1c(=O)o[nH][n+]1-c1ccc(OC)cc1)C(=O)Nc1cc(C)c(Cl)cc1OC. The Bertz CT molecular complexity index is 1130. The molecule has 8 nitrogen and oxygen atoms in total. The summed E-state index contributed by atoms with van der Waals surface area (Å²) in [5.41, 5.74) is 1.42. The first kappa shape index (κ1) is 22.8. The number of nitrogens with zero attached hydrogens (tertiary/aromatic N) is 1. The van der Waals surface area contributed by atoms with E-state index in [1.54, 1.807) is 43.5 Å². The van der Waals surface area contributed by atoms with E-state index >= 15 is 0 Å². The monoisotopic (exact) mass is 464 g/mol. The van der Waals surface area contributed by atoms with Crippen molar-refractivity contribution < 1.29 is 23.5 Å². The Morgan fingerprint density at radius 1 is 1.26 bits per heavy atom. The highest BCUT2D eigenvalue weighted by molar-refractivity contribution is 8.00. The van der Waals surface area contributed by atoms with E-state index in [1.807, 2.05) is 13.8 Å². The highest BCUT2D eigenvalue weighted by Gasteiger charge is 2.31. The number of aromatic amines is 1. The van der Waals surface area contributed by atoms with Crippen molar-refractivity contribution in [2.45, 2.75) is 30.5 Å². The highest BCUT2D eigenvalue weighted by Crippen LogP contribution is 2.32. The molecule has 31 heavy (non-hydrogen) atoms. The van der Waals surface area contributed by atoms with Crippen LogP contribution in [-0.4, -0.2) is 30.6 Å². The molecule has 164 valence electrons. The minimum atomic E-state index is -0.563. The average Bonchev–Trinajstić information content (AvgIpc) is 3.14. The van der Waals surface area contributed by atoms with Crippen molar-refractivity contribution in [2.24, 2.45) is 0 Å². The van der Waals surface area contributed by atoms with Crippen LogP contribution in [0.5, 0.6) is 11.5 Å². The fourth-order valence-electron chi connectivity index (χ4n) is 2.87. The van der Waals surface area contributed by atoms with E-state index in [4.69, 9.17) is 25.6 Å². The zero-order valence-corrected chi connectivity index (χ0v) is 19.1. The molecule has 0 radical (unpaired) electrons. The van der Waals surface area contributed by atoms with Crippen LogP contribution in [0.3, 0.4) is 0 Å². The van der Waals surface area contributed by atoms with Gasteiger partial charge in [0.05, 0.1) is 25.2 Å². The Labute approximate surface area is 188 Å². The van der Waals surface area contributed by atoms with E-state index in [-0.39, 0.29) is 10.9 Å². The summed E-state index contributed by atoms with van der Waals surface area (Å²) in [5, 5.41) is 5.70. The number of thioether (sulfide) groups is 1. The third-order valence-corrected chi connectivity index (χ3v) is 6.41. The number of halogens is 1. The van der Waals surface area contributed by atoms with Crippen LogP contribution in [0.4, 0.5) is 5.69 Å². The third-order valence-electron chi connectivity index (χ3n) is 4.59. The second kappa shape index (κ2) is 9.93. The quantitative estimate of drug-likeness (QED) is 0.389. The number of hydrogen-bond acceptors (Lipinski definition) is 6. The van der Waals surface area contributed by atoms with Gasteiger partial charge in [0.1, 0.15) is 11.5 Å². The molecule has 0 fully saturated rings. The Morgan fingerprint density at radius 2 is 1.97 bits per heavy atom. The summed E-state index contributed by atoms with van der Waals surface area (Å²) in [6.07, 6.45) is 0.485. The normalized spacial score (nSPS) is 11.8. The molecule has 10 heteroatoms. The van der Waals surface area contributed by atoms with Gasteiger partial charge in [-0.05, 0) is 58.8 Å². The molecule has 0 bridgehead atoms.